The molecule has 1 fully saturated rings. The van der Waals surface area contributed by atoms with Gasteiger partial charge >= 0.3 is 0 Å². The Labute approximate surface area is 205 Å². The molecule has 1 amide bonds. The number of benzene rings is 3. The summed E-state index contributed by atoms with van der Waals surface area (Å²) in [6.45, 7) is 3.46. The summed E-state index contributed by atoms with van der Waals surface area (Å²) in [4.78, 5) is 17.4. The number of carbonyl (C=O) groups is 1. The number of hydrogen-bond acceptors (Lipinski definition) is 5. The van der Waals surface area contributed by atoms with Crippen molar-refractivity contribution in [2.45, 2.75) is 17.9 Å². The first-order valence-corrected chi connectivity index (χ1v) is 12.9. The lowest BCUT2D eigenvalue weighted by atomic mass is 10.1. The number of halogens is 1. The van der Waals surface area contributed by atoms with Gasteiger partial charge in [0.25, 0.3) is 15.9 Å². The Bertz CT molecular complexity index is 1260. The fourth-order valence-corrected chi connectivity index (χ4v) is 5.15. The molecule has 0 unspecified atom stereocenters. The maximum absolute atomic E-state index is 13.4. The minimum Gasteiger partial charge on any atom is -0.497 e. The molecule has 184 valence electrons. The van der Waals surface area contributed by atoms with E-state index in [1.807, 2.05) is 24.3 Å². The summed E-state index contributed by atoms with van der Waals surface area (Å²) in [7, 11) is -2.34. The molecular weight excluding hydrogens is 469 g/mol. The molecule has 3 aromatic rings. The van der Waals surface area contributed by atoms with Crippen molar-refractivity contribution in [3.8, 4) is 5.75 Å². The summed E-state index contributed by atoms with van der Waals surface area (Å²) >= 11 is 0. The molecule has 0 radical (unpaired) electrons. The second-order valence-corrected chi connectivity index (χ2v) is 10.1. The van der Waals surface area contributed by atoms with Gasteiger partial charge < -0.3 is 9.64 Å². The number of para-hydroxylation sites is 1. The quantitative estimate of drug-likeness (QED) is 0.534. The van der Waals surface area contributed by atoms with Crippen LogP contribution in [0.15, 0.2) is 77.7 Å². The fourth-order valence-electron chi connectivity index (χ4n) is 4.07. The number of anilines is 1. The zero-order valence-corrected chi connectivity index (χ0v) is 20.3. The zero-order chi connectivity index (χ0) is 24.8. The number of nitrogens with one attached hydrogen (secondary N) is 1. The van der Waals surface area contributed by atoms with Gasteiger partial charge in [0.05, 0.1) is 23.3 Å². The van der Waals surface area contributed by atoms with E-state index in [1.165, 1.54) is 17.7 Å². The average molecular weight is 498 g/mol. The van der Waals surface area contributed by atoms with Crippen molar-refractivity contribution in [1.82, 2.24) is 9.80 Å². The molecule has 1 aliphatic rings. The normalized spacial score (nSPS) is 14.9. The van der Waals surface area contributed by atoms with Gasteiger partial charge in [-0.05, 0) is 60.5 Å². The van der Waals surface area contributed by atoms with Crippen molar-refractivity contribution in [3.63, 3.8) is 0 Å². The molecule has 0 aliphatic carbocycles. The highest BCUT2D eigenvalue weighted by molar-refractivity contribution is 7.92. The van der Waals surface area contributed by atoms with Crippen molar-refractivity contribution in [2.24, 2.45) is 0 Å². The van der Waals surface area contributed by atoms with Crippen LogP contribution < -0.4 is 9.46 Å². The van der Waals surface area contributed by atoms with Crippen LogP contribution in [0.25, 0.3) is 0 Å². The number of sulfonamides is 1. The smallest absolute Gasteiger partial charge is 0.261 e. The topological polar surface area (TPSA) is 79.0 Å². The number of hydrogen-bond donors (Lipinski definition) is 1. The first-order valence-electron chi connectivity index (χ1n) is 11.4. The largest absolute Gasteiger partial charge is 0.497 e. The third kappa shape index (κ3) is 6.17. The third-order valence-electron chi connectivity index (χ3n) is 5.97. The molecule has 4 rings (SSSR count). The maximum atomic E-state index is 13.4. The predicted octanol–water partition coefficient (Wildman–Crippen LogP) is 3.98. The molecule has 9 heteroatoms. The van der Waals surface area contributed by atoms with Crippen molar-refractivity contribution in [1.29, 1.82) is 0 Å². The summed E-state index contributed by atoms with van der Waals surface area (Å²) in [6, 6.07) is 19.0. The van der Waals surface area contributed by atoms with E-state index in [2.05, 4.69) is 9.62 Å². The molecule has 1 aliphatic heterocycles. The Kier molecular flexibility index (Phi) is 7.67. The van der Waals surface area contributed by atoms with E-state index in [-0.39, 0.29) is 22.1 Å². The molecule has 0 aromatic heterocycles. The van der Waals surface area contributed by atoms with Crippen molar-refractivity contribution < 1.29 is 22.3 Å². The Morgan fingerprint density at radius 2 is 1.66 bits per heavy atom. The number of nitrogens with zero attached hydrogens (tertiary/aromatic N) is 2. The van der Waals surface area contributed by atoms with Crippen LogP contribution in [0, 0.1) is 5.82 Å². The first-order chi connectivity index (χ1) is 16.9. The van der Waals surface area contributed by atoms with Crippen LogP contribution in [0.1, 0.15) is 22.3 Å². The Balaban J connectivity index is 1.44. The molecule has 1 saturated heterocycles. The van der Waals surface area contributed by atoms with Crippen molar-refractivity contribution >= 4 is 21.6 Å². The van der Waals surface area contributed by atoms with Crippen LogP contribution in [-0.4, -0.2) is 57.4 Å². The molecule has 0 saturated carbocycles. The average Bonchev–Trinajstić information content (AvgIpc) is 3.10. The van der Waals surface area contributed by atoms with E-state index in [4.69, 9.17) is 4.74 Å². The van der Waals surface area contributed by atoms with E-state index in [9.17, 15) is 17.6 Å². The monoisotopic (exact) mass is 497 g/mol. The lowest BCUT2D eigenvalue weighted by molar-refractivity contribution is 0.0762. The van der Waals surface area contributed by atoms with Gasteiger partial charge in [0.2, 0.25) is 0 Å². The number of rotatable bonds is 7. The molecule has 35 heavy (non-hydrogen) atoms. The minimum atomic E-state index is -3.98. The summed E-state index contributed by atoms with van der Waals surface area (Å²) in [5, 5.41) is 0. The Morgan fingerprint density at radius 3 is 2.37 bits per heavy atom. The van der Waals surface area contributed by atoms with Gasteiger partial charge in [0.15, 0.2) is 0 Å². The first kappa shape index (κ1) is 24.7. The predicted molar refractivity (Wildman–Crippen MR) is 132 cm³/mol. The summed E-state index contributed by atoms with van der Waals surface area (Å²) in [6.07, 6.45) is 0.811. The van der Waals surface area contributed by atoms with Crippen LogP contribution in [0.3, 0.4) is 0 Å². The number of amides is 1. The molecule has 7 nitrogen and oxygen atoms in total. The van der Waals surface area contributed by atoms with Gasteiger partial charge in [-0.25, -0.2) is 12.8 Å². The summed E-state index contributed by atoms with van der Waals surface area (Å²) in [5.74, 6) is 0.0607. The molecule has 3 aromatic carbocycles. The van der Waals surface area contributed by atoms with Gasteiger partial charge in [-0.1, -0.05) is 24.3 Å². The molecule has 0 atom stereocenters. The van der Waals surface area contributed by atoms with Crippen LogP contribution in [0.2, 0.25) is 0 Å². The number of methoxy groups -OCH3 is 1. The fraction of sp³-hybridized carbons (Fsp3) is 0.269. The lowest BCUT2D eigenvalue weighted by Crippen LogP contribution is -2.35. The van der Waals surface area contributed by atoms with Gasteiger partial charge in [0.1, 0.15) is 11.6 Å². The van der Waals surface area contributed by atoms with Crippen LogP contribution in [0.5, 0.6) is 5.75 Å². The molecular formula is C26H28FN3O4S. The van der Waals surface area contributed by atoms with Gasteiger partial charge in [-0.15, -0.1) is 0 Å². The minimum absolute atomic E-state index is 0.0786. The SMILES string of the molecule is COc1ccc(CN2CCCN(C(=O)c3ccccc3NS(=O)(=O)c3ccc(F)cc3)CC2)cc1. The van der Waals surface area contributed by atoms with E-state index in [0.717, 1.165) is 37.4 Å². The standard InChI is InChI=1S/C26H28FN3O4S/c1-34-22-11-7-20(8-12-22)19-29-15-4-16-30(18-17-29)26(31)24-5-2-3-6-25(24)28-35(32,33)23-13-9-21(27)10-14-23/h2-3,5-14,28H,4,15-19H2,1H3. The molecule has 1 heterocycles. The van der Waals surface area contributed by atoms with Crippen molar-refractivity contribution in [2.75, 3.05) is 38.0 Å². The highest BCUT2D eigenvalue weighted by Gasteiger charge is 2.24. The van der Waals surface area contributed by atoms with Crippen LogP contribution >= 0.6 is 0 Å². The Hall–Kier alpha value is -3.43. The number of ether oxygens (including phenoxy) is 1. The highest BCUT2D eigenvalue weighted by Crippen LogP contribution is 2.23. The van der Waals surface area contributed by atoms with Crippen LogP contribution in [-0.2, 0) is 16.6 Å². The highest BCUT2D eigenvalue weighted by atomic mass is 32.2. The van der Waals surface area contributed by atoms with E-state index in [0.29, 0.717) is 19.6 Å². The van der Waals surface area contributed by atoms with Crippen molar-refractivity contribution in [3.05, 3.63) is 89.7 Å². The Morgan fingerprint density at radius 1 is 0.943 bits per heavy atom. The van der Waals surface area contributed by atoms with Gasteiger partial charge in [-0.2, -0.15) is 0 Å². The number of carbonyl (C=O) groups excluding carboxylic acids is 1. The second kappa shape index (κ2) is 10.9. The van der Waals surface area contributed by atoms with Gasteiger partial charge in [0, 0.05) is 32.7 Å². The van der Waals surface area contributed by atoms with E-state index < -0.39 is 15.8 Å². The maximum Gasteiger partial charge on any atom is 0.261 e. The molecule has 0 spiro atoms. The summed E-state index contributed by atoms with van der Waals surface area (Å²) < 4.78 is 46.5. The third-order valence-corrected chi connectivity index (χ3v) is 7.35. The second-order valence-electron chi connectivity index (χ2n) is 8.37. The zero-order valence-electron chi connectivity index (χ0n) is 19.5. The lowest BCUT2D eigenvalue weighted by Gasteiger charge is -2.23. The molecule has 0 bridgehead atoms. The van der Waals surface area contributed by atoms with E-state index in [1.54, 1.807) is 36.3 Å². The van der Waals surface area contributed by atoms with Gasteiger partial charge in [-0.3, -0.25) is 14.4 Å². The van der Waals surface area contributed by atoms with Crippen LogP contribution in [0.4, 0.5) is 10.1 Å². The van der Waals surface area contributed by atoms with E-state index >= 15 is 0 Å². The molecule has 1 N–H and O–H groups in total. The summed E-state index contributed by atoms with van der Waals surface area (Å²) in [5.41, 5.74) is 1.65.